The Labute approximate surface area is 108 Å². The summed E-state index contributed by atoms with van der Waals surface area (Å²) in [5.74, 6) is -3.54. The molecule has 0 radical (unpaired) electrons. The zero-order valence-corrected chi connectivity index (χ0v) is 10.6. The molecule has 106 valence electrons. The van der Waals surface area contributed by atoms with Crippen LogP contribution in [-0.4, -0.2) is 26.6 Å². The fourth-order valence-electron chi connectivity index (χ4n) is 1.34. The third-order valence-electron chi connectivity index (χ3n) is 2.24. The molecule has 0 aliphatic heterocycles. The van der Waals surface area contributed by atoms with Crippen LogP contribution in [0, 0.1) is 11.6 Å². The Morgan fingerprint density at radius 1 is 1.32 bits per heavy atom. The average molecular weight is 293 g/mol. The van der Waals surface area contributed by atoms with Gasteiger partial charge in [-0.15, -0.1) is 0 Å². The number of hydrogen-bond acceptors (Lipinski definition) is 4. The van der Waals surface area contributed by atoms with E-state index in [1.54, 1.807) is 0 Å². The van der Waals surface area contributed by atoms with E-state index in [1.807, 2.05) is 0 Å². The fraction of sp³-hybridized carbons (Fsp3) is 0.300. The molecule has 1 aromatic carbocycles. The Morgan fingerprint density at radius 3 is 2.53 bits per heavy atom. The van der Waals surface area contributed by atoms with Crippen LogP contribution in [0.5, 0.6) is 0 Å². The smallest absolute Gasteiger partial charge is 0.257 e. The van der Waals surface area contributed by atoms with E-state index in [4.69, 9.17) is 10.9 Å². The van der Waals surface area contributed by atoms with Crippen molar-refractivity contribution in [1.82, 2.24) is 5.32 Å². The van der Waals surface area contributed by atoms with Crippen molar-refractivity contribution in [3.63, 3.8) is 0 Å². The van der Waals surface area contributed by atoms with E-state index in [2.05, 4.69) is 5.32 Å². The molecule has 0 bridgehead atoms. The van der Waals surface area contributed by atoms with Gasteiger partial charge in [-0.2, -0.15) is 0 Å². The number of amides is 1. The van der Waals surface area contributed by atoms with Crippen LogP contribution in [0.1, 0.15) is 16.8 Å². The number of benzene rings is 1. The number of primary sulfonamides is 1. The standard InChI is InChI=1S/C10H13F2N3O3S/c11-6-2-3-7(13)9(12)8(6)10(16)15-4-1-5-19(14,17)18/h2-3H,1,4-5,13H2,(H,15,16)(H2,14,17,18). The molecule has 19 heavy (non-hydrogen) atoms. The van der Waals surface area contributed by atoms with E-state index < -0.39 is 33.1 Å². The molecular weight excluding hydrogens is 280 g/mol. The summed E-state index contributed by atoms with van der Waals surface area (Å²) in [5, 5.41) is 6.94. The molecule has 1 aromatic rings. The maximum absolute atomic E-state index is 13.5. The molecule has 0 spiro atoms. The highest BCUT2D eigenvalue weighted by atomic mass is 32.2. The van der Waals surface area contributed by atoms with E-state index in [9.17, 15) is 22.0 Å². The number of sulfonamides is 1. The van der Waals surface area contributed by atoms with E-state index in [0.29, 0.717) is 0 Å². The highest BCUT2D eigenvalue weighted by molar-refractivity contribution is 7.89. The molecule has 0 unspecified atom stereocenters. The molecule has 0 saturated heterocycles. The minimum atomic E-state index is -3.63. The number of nitrogens with two attached hydrogens (primary N) is 2. The first kappa shape index (κ1) is 15.3. The molecular formula is C10H13F2N3O3S. The second kappa shape index (κ2) is 5.93. The molecule has 6 nitrogen and oxygen atoms in total. The van der Waals surface area contributed by atoms with Gasteiger partial charge in [0.2, 0.25) is 10.0 Å². The number of rotatable bonds is 5. The molecule has 1 amide bonds. The summed E-state index contributed by atoms with van der Waals surface area (Å²) in [7, 11) is -3.63. The number of nitrogens with one attached hydrogen (secondary N) is 1. The van der Waals surface area contributed by atoms with Crippen LogP contribution in [0.15, 0.2) is 12.1 Å². The Hall–Kier alpha value is -1.74. The summed E-state index contributed by atoms with van der Waals surface area (Å²) in [6, 6.07) is 1.88. The Balaban J connectivity index is 2.67. The van der Waals surface area contributed by atoms with Crippen molar-refractivity contribution in [3.8, 4) is 0 Å². The SMILES string of the molecule is Nc1ccc(F)c(C(=O)NCCCS(N)(=O)=O)c1F. The lowest BCUT2D eigenvalue weighted by atomic mass is 10.1. The zero-order valence-electron chi connectivity index (χ0n) is 9.82. The predicted octanol–water partition coefficient (Wildman–Crippen LogP) is -0.0446. The van der Waals surface area contributed by atoms with Crippen LogP contribution in [0.4, 0.5) is 14.5 Å². The summed E-state index contributed by atoms with van der Waals surface area (Å²) >= 11 is 0. The predicted molar refractivity (Wildman–Crippen MR) is 65.7 cm³/mol. The van der Waals surface area contributed by atoms with Crippen molar-refractivity contribution in [3.05, 3.63) is 29.3 Å². The van der Waals surface area contributed by atoms with Gasteiger partial charge in [0.1, 0.15) is 11.4 Å². The summed E-state index contributed by atoms with van der Waals surface area (Å²) in [4.78, 5) is 11.5. The van der Waals surface area contributed by atoms with E-state index in [1.165, 1.54) is 0 Å². The monoisotopic (exact) mass is 293 g/mol. The second-order valence-electron chi connectivity index (χ2n) is 3.80. The van der Waals surface area contributed by atoms with Crippen molar-refractivity contribution in [2.45, 2.75) is 6.42 Å². The number of hydrogen-bond donors (Lipinski definition) is 3. The van der Waals surface area contributed by atoms with Crippen molar-refractivity contribution >= 4 is 21.6 Å². The van der Waals surface area contributed by atoms with Gasteiger partial charge in [0.15, 0.2) is 5.82 Å². The van der Waals surface area contributed by atoms with Gasteiger partial charge in [-0.1, -0.05) is 0 Å². The van der Waals surface area contributed by atoms with Gasteiger partial charge in [0, 0.05) is 6.54 Å². The van der Waals surface area contributed by atoms with Crippen LogP contribution in [0.2, 0.25) is 0 Å². The van der Waals surface area contributed by atoms with Gasteiger partial charge >= 0.3 is 0 Å². The molecule has 5 N–H and O–H groups in total. The first-order valence-electron chi connectivity index (χ1n) is 5.24. The van der Waals surface area contributed by atoms with Gasteiger partial charge in [-0.3, -0.25) is 4.79 Å². The highest BCUT2D eigenvalue weighted by Gasteiger charge is 2.19. The van der Waals surface area contributed by atoms with Gasteiger partial charge in [0.05, 0.1) is 11.4 Å². The third-order valence-corrected chi connectivity index (χ3v) is 3.10. The highest BCUT2D eigenvalue weighted by Crippen LogP contribution is 2.18. The normalized spacial score (nSPS) is 11.3. The summed E-state index contributed by atoms with van der Waals surface area (Å²) in [6.45, 7) is -0.0804. The maximum atomic E-state index is 13.5. The fourth-order valence-corrected chi connectivity index (χ4v) is 1.89. The summed E-state index contributed by atoms with van der Waals surface area (Å²) in [6.07, 6.45) is 0.0378. The molecule has 0 saturated carbocycles. The molecule has 9 heteroatoms. The van der Waals surface area contributed by atoms with Crippen LogP contribution < -0.4 is 16.2 Å². The molecule has 0 atom stereocenters. The number of carbonyl (C=O) groups excluding carboxylic acids is 1. The quantitative estimate of drug-likeness (QED) is 0.521. The molecule has 0 heterocycles. The second-order valence-corrected chi connectivity index (χ2v) is 5.54. The molecule has 0 aliphatic carbocycles. The number of carbonyl (C=O) groups is 1. The lowest BCUT2D eigenvalue weighted by molar-refractivity contribution is 0.0945. The average Bonchev–Trinajstić information content (AvgIpc) is 2.29. The van der Waals surface area contributed by atoms with E-state index in [-0.39, 0.29) is 24.4 Å². The van der Waals surface area contributed by atoms with Crippen molar-refractivity contribution < 1.29 is 22.0 Å². The first-order valence-corrected chi connectivity index (χ1v) is 6.96. The number of nitrogen functional groups attached to an aromatic ring is 1. The van der Waals surface area contributed by atoms with Crippen molar-refractivity contribution in [2.75, 3.05) is 18.0 Å². The van der Waals surface area contributed by atoms with Gasteiger partial charge in [-0.25, -0.2) is 22.3 Å². The van der Waals surface area contributed by atoms with E-state index >= 15 is 0 Å². The number of halogens is 2. The molecule has 1 rings (SSSR count). The minimum absolute atomic E-state index is 0.0378. The Bertz CT molecular complexity index is 590. The lowest BCUT2D eigenvalue weighted by Crippen LogP contribution is -2.29. The largest absolute Gasteiger partial charge is 0.396 e. The molecule has 0 aliphatic rings. The molecule has 0 fully saturated rings. The maximum Gasteiger partial charge on any atom is 0.257 e. The Kier molecular flexibility index (Phi) is 4.78. The lowest BCUT2D eigenvalue weighted by Gasteiger charge is -2.08. The minimum Gasteiger partial charge on any atom is -0.396 e. The van der Waals surface area contributed by atoms with E-state index in [0.717, 1.165) is 12.1 Å². The van der Waals surface area contributed by atoms with Gasteiger partial charge in [0.25, 0.3) is 5.91 Å². The molecule has 0 aromatic heterocycles. The van der Waals surface area contributed by atoms with Crippen LogP contribution >= 0.6 is 0 Å². The van der Waals surface area contributed by atoms with Gasteiger partial charge in [-0.05, 0) is 18.6 Å². The Morgan fingerprint density at radius 2 is 1.95 bits per heavy atom. The summed E-state index contributed by atoms with van der Waals surface area (Å²) in [5.41, 5.74) is 4.08. The summed E-state index contributed by atoms with van der Waals surface area (Å²) < 4.78 is 48.0. The van der Waals surface area contributed by atoms with Gasteiger partial charge < -0.3 is 11.1 Å². The van der Waals surface area contributed by atoms with Crippen LogP contribution in [-0.2, 0) is 10.0 Å². The topological polar surface area (TPSA) is 115 Å². The third kappa shape index (κ3) is 4.45. The van der Waals surface area contributed by atoms with Crippen molar-refractivity contribution in [2.24, 2.45) is 5.14 Å². The number of anilines is 1. The van der Waals surface area contributed by atoms with Crippen LogP contribution in [0.25, 0.3) is 0 Å². The van der Waals surface area contributed by atoms with Crippen LogP contribution in [0.3, 0.4) is 0 Å². The van der Waals surface area contributed by atoms with Crippen molar-refractivity contribution in [1.29, 1.82) is 0 Å². The zero-order chi connectivity index (χ0) is 14.6. The first-order chi connectivity index (χ1) is 8.72.